The van der Waals surface area contributed by atoms with Gasteiger partial charge >= 0.3 is 0 Å². The van der Waals surface area contributed by atoms with Crippen LogP contribution in [0.1, 0.15) is 0 Å². The van der Waals surface area contributed by atoms with Gasteiger partial charge < -0.3 is 9.13 Å². The smallest absolute Gasteiger partial charge is 0.160 e. The Balaban J connectivity index is 1.09. The van der Waals surface area contributed by atoms with Crippen molar-refractivity contribution in [1.82, 2.24) is 19.1 Å². The summed E-state index contributed by atoms with van der Waals surface area (Å²) in [5.41, 5.74) is 13.2. The third-order valence-electron chi connectivity index (χ3n) is 11.7. The summed E-state index contributed by atoms with van der Waals surface area (Å²) in [6, 6.07) is 73.7. The van der Waals surface area contributed by atoms with Crippen LogP contribution >= 0.6 is 0 Å². The largest absolute Gasteiger partial charge is 0.309 e. The minimum absolute atomic E-state index is 0.701. The van der Waals surface area contributed by atoms with Gasteiger partial charge in [0, 0.05) is 54.8 Å². The number of benzene rings is 9. The first-order valence-electron chi connectivity index (χ1n) is 19.8. The van der Waals surface area contributed by atoms with E-state index in [1.807, 2.05) is 6.07 Å². The molecule has 0 amide bonds. The van der Waals surface area contributed by atoms with Crippen LogP contribution in [0.15, 0.2) is 206 Å². The molecule has 0 spiro atoms. The first-order valence-corrected chi connectivity index (χ1v) is 19.8. The van der Waals surface area contributed by atoms with Crippen molar-refractivity contribution in [3.63, 3.8) is 0 Å². The van der Waals surface area contributed by atoms with Crippen LogP contribution in [-0.4, -0.2) is 19.1 Å². The van der Waals surface area contributed by atoms with Crippen LogP contribution in [0.3, 0.4) is 0 Å². The van der Waals surface area contributed by atoms with Crippen molar-refractivity contribution in [2.75, 3.05) is 0 Å². The first-order chi connectivity index (χ1) is 28.8. The third-order valence-corrected chi connectivity index (χ3v) is 11.7. The zero-order chi connectivity index (χ0) is 38.2. The second kappa shape index (κ2) is 12.9. The fourth-order valence-electron chi connectivity index (χ4n) is 9.21. The van der Waals surface area contributed by atoms with Gasteiger partial charge in [-0.15, -0.1) is 0 Å². The van der Waals surface area contributed by atoms with Crippen molar-refractivity contribution >= 4 is 65.3 Å². The second-order valence-electron chi connectivity index (χ2n) is 14.9. The van der Waals surface area contributed by atoms with E-state index in [1.54, 1.807) is 0 Å². The molecule has 0 N–H and O–H groups in total. The number of hydrogen-bond acceptors (Lipinski definition) is 2. The van der Waals surface area contributed by atoms with Crippen LogP contribution in [0.4, 0.5) is 0 Å². The minimum Gasteiger partial charge on any atom is -0.309 e. The molecule has 3 heterocycles. The summed E-state index contributed by atoms with van der Waals surface area (Å²) in [4.78, 5) is 10.6. The molecular weight excluding hydrogens is 705 g/mol. The number of fused-ring (bicyclic) bond motifs is 9. The zero-order valence-corrected chi connectivity index (χ0v) is 31.4. The maximum absolute atomic E-state index is 5.32. The van der Waals surface area contributed by atoms with Crippen molar-refractivity contribution < 1.29 is 0 Å². The van der Waals surface area contributed by atoms with Crippen molar-refractivity contribution in [2.45, 2.75) is 0 Å². The number of rotatable bonds is 5. The second-order valence-corrected chi connectivity index (χ2v) is 14.9. The highest BCUT2D eigenvalue weighted by Gasteiger charge is 2.21. The SMILES string of the molecule is c1ccc(-c2nc(-c3cccc(-n4c5ccccc5c5c(-c6cccc7c6c6ccccc6n7-c6ccccc6)cccc54)c3)nc3c2ccc2ccccc23)cc1. The fraction of sp³-hybridized carbons (Fsp3) is 0. The standard InChI is InChI=1S/C54H34N4/c1-3-17-36(18-4-1)52-45-33-32-35-16-7-8-23-40(35)53(45)56-54(55-52)37-19-13-22-39(34-37)58-47-29-12-10-25-44(47)51-42(27-15-31-49(51)58)41-26-14-30-48-50(41)43-24-9-11-28-46(43)57(48)38-20-5-2-6-21-38/h1-34H. The topological polar surface area (TPSA) is 35.6 Å². The molecule has 9 aromatic carbocycles. The van der Waals surface area contributed by atoms with Gasteiger partial charge in [-0.1, -0.05) is 152 Å². The molecule has 12 aromatic rings. The summed E-state index contributed by atoms with van der Waals surface area (Å²) in [5, 5.41) is 8.26. The molecule has 0 aliphatic rings. The molecule has 270 valence electrons. The summed E-state index contributed by atoms with van der Waals surface area (Å²) in [5.74, 6) is 0.701. The molecule has 58 heavy (non-hydrogen) atoms. The summed E-state index contributed by atoms with van der Waals surface area (Å²) in [6.07, 6.45) is 0. The highest BCUT2D eigenvalue weighted by atomic mass is 15.0. The summed E-state index contributed by atoms with van der Waals surface area (Å²) in [7, 11) is 0. The van der Waals surface area contributed by atoms with Crippen molar-refractivity contribution in [3.05, 3.63) is 206 Å². The Bertz CT molecular complexity index is 3560. The molecule has 0 aliphatic heterocycles. The van der Waals surface area contributed by atoms with Crippen molar-refractivity contribution in [2.24, 2.45) is 0 Å². The van der Waals surface area contributed by atoms with Gasteiger partial charge in [-0.25, -0.2) is 9.97 Å². The lowest BCUT2D eigenvalue weighted by Gasteiger charge is -2.13. The van der Waals surface area contributed by atoms with E-state index in [9.17, 15) is 0 Å². The Kier molecular flexibility index (Phi) is 7.20. The van der Waals surface area contributed by atoms with Gasteiger partial charge in [0.2, 0.25) is 0 Å². The number of para-hydroxylation sites is 3. The van der Waals surface area contributed by atoms with Gasteiger partial charge in [-0.3, -0.25) is 0 Å². The molecule has 0 fully saturated rings. The van der Waals surface area contributed by atoms with Gasteiger partial charge in [-0.2, -0.15) is 0 Å². The molecule has 0 unspecified atom stereocenters. The van der Waals surface area contributed by atoms with E-state index in [4.69, 9.17) is 9.97 Å². The molecule has 0 saturated heterocycles. The molecule has 0 aliphatic carbocycles. The predicted octanol–water partition coefficient (Wildman–Crippen LogP) is 14.0. The van der Waals surface area contributed by atoms with Gasteiger partial charge in [0.05, 0.1) is 33.3 Å². The number of aromatic nitrogens is 4. The lowest BCUT2D eigenvalue weighted by atomic mass is 9.95. The van der Waals surface area contributed by atoms with Crippen LogP contribution < -0.4 is 0 Å². The Morgan fingerprint density at radius 3 is 1.53 bits per heavy atom. The molecule has 0 radical (unpaired) electrons. The van der Waals surface area contributed by atoms with E-state index in [1.165, 1.54) is 43.7 Å². The zero-order valence-electron chi connectivity index (χ0n) is 31.4. The Morgan fingerprint density at radius 2 is 0.845 bits per heavy atom. The highest BCUT2D eigenvalue weighted by molar-refractivity contribution is 6.22. The number of hydrogen-bond donors (Lipinski definition) is 0. The van der Waals surface area contributed by atoms with Gasteiger partial charge in [0.1, 0.15) is 0 Å². The van der Waals surface area contributed by atoms with E-state index in [2.05, 4.69) is 209 Å². The Morgan fingerprint density at radius 1 is 0.328 bits per heavy atom. The fourth-order valence-corrected chi connectivity index (χ4v) is 9.21. The van der Waals surface area contributed by atoms with Crippen LogP contribution in [0.2, 0.25) is 0 Å². The lowest BCUT2D eigenvalue weighted by Crippen LogP contribution is -1.98. The third kappa shape index (κ3) is 4.88. The summed E-state index contributed by atoms with van der Waals surface area (Å²) < 4.78 is 4.80. The maximum atomic E-state index is 5.32. The maximum Gasteiger partial charge on any atom is 0.160 e. The van der Waals surface area contributed by atoms with E-state index in [0.29, 0.717) is 5.82 Å². The highest BCUT2D eigenvalue weighted by Crippen LogP contribution is 2.44. The first kappa shape index (κ1) is 32.4. The van der Waals surface area contributed by atoms with Crippen molar-refractivity contribution in [3.8, 4) is 45.1 Å². The van der Waals surface area contributed by atoms with Gasteiger partial charge in [-0.05, 0) is 71.1 Å². The quantitative estimate of drug-likeness (QED) is 0.165. The summed E-state index contributed by atoms with van der Waals surface area (Å²) >= 11 is 0. The van der Waals surface area contributed by atoms with E-state index in [0.717, 1.165) is 60.9 Å². The molecule has 0 atom stereocenters. The predicted molar refractivity (Wildman–Crippen MR) is 242 cm³/mol. The van der Waals surface area contributed by atoms with Crippen LogP contribution in [0.25, 0.3) is 110 Å². The van der Waals surface area contributed by atoms with Gasteiger partial charge in [0.15, 0.2) is 5.82 Å². The van der Waals surface area contributed by atoms with Gasteiger partial charge in [0.25, 0.3) is 0 Å². The monoisotopic (exact) mass is 738 g/mol. The van der Waals surface area contributed by atoms with Crippen LogP contribution in [0, 0.1) is 0 Å². The average molecular weight is 739 g/mol. The Labute approximate surface area is 334 Å². The van der Waals surface area contributed by atoms with Crippen molar-refractivity contribution in [1.29, 1.82) is 0 Å². The minimum atomic E-state index is 0.701. The molecule has 4 heteroatoms. The average Bonchev–Trinajstić information content (AvgIpc) is 3.83. The van der Waals surface area contributed by atoms with E-state index < -0.39 is 0 Å². The molecule has 0 bridgehead atoms. The Hall–Kier alpha value is -7.82. The van der Waals surface area contributed by atoms with Crippen LogP contribution in [0.5, 0.6) is 0 Å². The van der Waals surface area contributed by atoms with E-state index >= 15 is 0 Å². The lowest BCUT2D eigenvalue weighted by molar-refractivity contribution is 1.17. The molecule has 3 aromatic heterocycles. The molecule has 0 saturated carbocycles. The van der Waals surface area contributed by atoms with Crippen LogP contribution in [-0.2, 0) is 0 Å². The summed E-state index contributed by atoms with van der Waals surface area (Å²) in [6.45, 7) is 0. The molecule has 4 nitrogen and oxygen atoms in total. The number of nitrogens with zero attached hydrogens (tertiary/aromatic N) is 4. The molecular formula is C54H34N4. The molecule has 12 rings (SSSR count). The normalized spacial score (nSPS) is 11.8. The van der Waals surface area contributed by atoms with E-state index in [-0.39, 0.29) is 0 Å².